The quantitative estimate of drug-likeness (QED) is 0.817. The lowest BCUT2D eigenvalue weighted by Crippen LogP contribution is -2.10. The standard InChI is InChI=1S/C14H18N2O/c1-10-5-7-11(8-6-10)16-13(17)12(9-15-16)14(2,3)4/h5-9,17H,1-4H3. The van der Waals surface area contributed by atoms with Crippen LogP contribution in [0.1, 0.15) is 31.9 Å². The molecule has 0 saturated heterocycles. The summed E-state index contributed by atoms with van der Waals surface area (Å²) in [6, 6.07) is 7.92. The van der Waals surface area contributed by atoms with Crippen LogP contribution >= 0.6 is 0 Å². The molecule has 2 rings (SSSR count). The maximum atomic E-state index is 10.2. The van der Waals surface area contributed by atoms with Crippen LogP contribution in [-0.4, -0.2) is 14.9 Å². The minimum absolute atomic E-state index is 0.104. The average molecular weight is 230 g/mol. The van der Waals surface area contributed by atoms with Crippen molar-refractivity contribution in [1.82, 2.24) is 9.78 Å². The number of aryl methyl sites for hydroxylation is 1. The van der Waals surface area contributed by atoms with Crippen LogP contribution in [-0.2, 0) is 5.41 Å². The predicted molar refractivity (Wildman–Crippen MR) is 68.7 cm³/mol. The molecule has 3 nitrogen and oxygen atoms in total. The number of hydrogen-bond donors (Lipinski definition) is 1. The van der Waals surface area contributed by atoms with Crippen LogP contribution in [0.4, 0.5) is 0 Å². The molecule has 3 heteroatoms. The molecule has 1 aromatic carbocycles. The lowest BCUT2D eigenvalue weighted by Gasteiger charge is -2.16. The third-order valence-corrected chi connectivity index (χ3v) is 2.83. The summed E-state index contributed by atoms with van der Waals surface area (Å²) in [4.78, 5) is 0. The minimum atomic E-state index is -0.104. The molecule has 2 aromatic rings. The first-order valence-electron chi connectivity index (χ1n) is 5.74. The second kappa shape index (κ2) is 3.91. The van der Waals surface area contributed by atoms with Crippen molar-refractivity contribution in [3.8, 4) is 11.6 Å². The summed E-state index contributed by atoms with van der Waals surface area (Å²) in [6.45, 7) is 8.21. The Morgan fingerprint density at radius 2 is 1.71 bits per heavy atom. The average Bonchev–Trinajstić information content (AvgIpc) is 2.61. The Morgan fingerprint density at radius 3 is 2.18 bits per heavy atom. The van der Waals surface area contributed by atoms with E-state index in [0.29, 0.717) is 0 Å². The van der Waals surface area contributed by atoms with Gasteiger partial charge in [-0.05, 0) is 24.5 Å². The Balaban J connectivity index is 2.48. The van der Waals surface area contributed by atoms with E-state index in [1.807, 2.05) is 31.2 Å². The molecule has 0 amide bonds. The second-order valence-electron chi connectivity index (χ2n) is 5.38. The molecule has 0 aliphatic carbocycles. The van der Waals surface area contributed by atoms with Gasteiger partial charge in [0, 0.05) is 5.56 Å². The van der Waals surface area contributed by atoms with Gasteiger partial charge in [-0.2, -0.15) is 5.10 Å². The van der Waals surface area contributed by atoms with Gasteiger partial charge in [0.15, 0.2) is 0 Å². The van der Waals surface area contributed by atoms with E-state index >= 15 is 0 Å². The van der Waals surface area contributed by atoms with Crippen LogP contribution in [0, 0.1) is 6.92 Å². The van der Waals surface area contributed by atoms with E-state index in [1.165, 1.54) is 5.56 Å². The van der Waals surface area contributed by atoms with Crippen molar-refractivity contribution in [2.75, 3.05) is 0 Å². The molecular weight excluding hydrogens is 212 g/mol. The first-order valence-corrected chi connectivity index (χ1v) is 5.74. The Labute approximate surface area is 102 Å². The van der Waals surface area contributed by atoms with Crippen molar-refractivity contribution in [3.05, 3.63) is 41.6 Å². The maximum Gasteiger partial charge on any atom is 0.217 e. The van der Waals surface area contributed by atoms with Gasteiger partial charge >= 0.3 is 0 Å². The number of aromatic hydroxyl groups is 1. The van der Waals surface area contributed by atoms with E-state index in [4.69, 9.17) is 0 Å². The molecule has 1 heterocycles. The van der Waals surface area contributed by atoms with E-state index in [2.05, 4.69) is 25.9 Å². The van der Waals surface area contributed by atoms with Crippen LogP contribution in [0.5, 0.6) is 5.88 Å². The van der Waals surface area contributed by atoms with E-state index in [0.717, 1.165) is 11.3 Å². The van der Waals surface area contributed by atoms with Gasteiger partial charge in [-0.25, -0.2) is 4.68 Å². The van der Waals surface area contributed by atoms with Crippen LogP contribution in [0.2, 0.25) is 0 Å². The topological polar surface area (TPSA) is 38.0 Å². The van der Waals surface area contributed by atoms with Crippen LogP contribution in [0.25, 0.3) is 5.69 Å². The van der Waals surface area contributed by atoms with E-state index < -0.39 is 0 Å². The van der Waals surface area contributed by atoms with E-state index in [9.17, 15) is 5.11 Å². The van der Waals surface area contributed by atoms with Crippen molar-refractivity contribution in [2.45, 2.75) is 33.1 Å². The summed E-state index contributed by atoms with van der Waals surface area (Å²) in [5.41, 5.74) is 2.82. The molecule has 0 fully saturated rings. The van der Waals surface area contributed by atoms with Crippen LogP contribution in [0.3, 0.4) is 0 Å². The lowest BCUT2D eigenvalue weighted by molar-refractivity contribution is 0.414. The summed E-state index contributed by atoms with van der Waals surface area (Å²) < 4.78 is 1.57. The zero-order chi connectivity index (χ0) is 12.6. The molecule has 0 atom stereocenters. The number of benzene rings is 1. The highest BCUT2D eigenvalue weighted by molar-refractivity contribution is 5.41. The zero-order valence-electron chi connectivity index (χ0n) is 10.7. The molecule has 0 aliphatic heterocycles. The first kappa shape index (κ1) is 11.7. The smallest absolute Gasteiger partial charge is 0.217 e. The van der Waals surface area contributed by atoms with Gasteiger partial charge in [-0.3, -0.25) is 0 Å². The van der Waals surface area contributed by atoms with E-state index in [1.54, 1.807) is 10.9 Å². The summed E-state index contributed by atoms with van der Waals surface area (Å²) in [5.74, 6) is 0.223. The molecule has 90 valence electrons. The maximum absolute atomic E-state index is 10.2. The lowest BCUT2D eigenvalue weighted by atomic mass is 9.89. The fourth-order valence-corrected chi connectivity index (χ4v) is 1.75. The Bertz CT molecular complexity index is 518. The summed E-state index contributed by atoms with van der Waals surface area (Å²) >= 11 is 0. The van der Waals surface area contributed by atoms with Crippen molar-refractivity contribution >= 4 is 0 Å². The summed E-state index contributed by atoms with van der Waals surface area (Å²) in [7, 11) is 0. The minimum Gasteiger partial charge on any atom is -0.493 e. The molecule has 0 spiro atoms. The molecule has 1 aromatic heterocycles. The van der Waals surface area contributed by atoms with Crippen molar-refractivity contribution < 1.29 is 5.11 Å². The Kier molecular flexibility index (Phi) is 2.69. The van der Waals surface area contributed by atoms with Gasteiger partial charge in [-0.15, -0.1) is 0 Å². The van der Waals surface area contributed by atoms with E-state index in [-0.39, 0.29) is 11.3 Å². The largest absolute Gasteiger partial charge is 0.493 e. The second-order valence-corrected chi connectivity index (χ2v) is 5.38. The summed E-state index contributed by atoms with van der Waals surface area (Å²) in [5, 5.41) is 14.4. The van der Waals surface area contributed by atoms with Crippen molar-refractivity contribution in [1.29, 1.82) is 0 Å². The number of hydrogen-bond acceptors (Lipinski definition) is 2. The van der Waals surface area contributed by atoms with Gasteiger partial charge in [0.2, 0.25) is 5.88 Å². The third kappa shape index (κ3) is 2.18. The molecule has 0 aliphatic rings. The predicted octanol–water partition coefficient (Wildman–Crippen LogP) is 3.18. The molecule has 17 heavy (non-hydrogen) atoms. The number of aromatic nitrogens is 2. The molecule has 0 saturated carbocycles. The molecular formula is C14H18N2O. The Hall–Kier alpha value is -1.77. The Morgan fingerprint density at radius 1 is 1.12 bits per heavy atom. The highest BCUT2D eigenvalue weighted by Crippen LogP contribution is 2.31. The zero-order valence-corrected chi connectivity index (χ0v) is 10.7. The monoisotopic (exact) mass is 230 g/mol. The fourth-order valence-electron chi connectivity index (χ4n) is 1.75. The molecule has 1 N–H and O–H groups in total. The number of rotatable bonds is 1. The number of nitrogens with zero attached hydrogens (tertiary/aromatic N) is 2. The van der Waals surface area contributed by atoms with Crippen molar-refractivity contribution in [3.63, 3.8) is 0 Å². The normalized spacial score (nSPS) is 11.8. The molecule has 0 bridgehead atoms. The van der Waals surface area contributed by atoms with Crippen LogP contribution in [0.15, 0.2) is 30.5 Å². The fraction of sp³-hybridized carbons (Fsp3) is 0.357. The molecule has 0 unspecified atom stereocenters. The molecule has 0 radical (unpaired) electrons. The van der Waals surface area contributed by atoms with Gasteiger partial charge in [0.1, 0.15) is 0 Å². The first-order chi connectivity index (χ1) is 7.89. The summed E-state index contributed by atoms with van der Waals surface area (Å²) in [6.07, 6.45) is 1.73. The van der Waals surface area contributed by atoms with Gasteiger partial charge in [0.25, 0.3) is 0 Å². The van der Waals surface area contributed by atoms with Crippen molar-refractivity contribution in [2.24, 2.45) is 0 Å². The SMILES string of the molecule is Cc1ccc(-n2ncc(C(C)(C)C)c2O)cc1. The highest BCUT2D eigenvalue weighted by atomic mass is 16.3. The van der Waals surface area contributed by atoms with Gasteiger partial charge < -0.3 is 5.11 Å². The third-order valence-electron chi connectivity index (χ3n) is 2.83. The highest BCUT2D eigenvalue weighted by Gasteiger charge is 2.22. The van der Waals surface area contributed by atoms with Gasteiger partial charge in [0.05, 0.1) is 11.9 Å². The van der Waals surface area contributed by atoms with Crippen LogP contribution < -0.4 is 0 Å². The van der Waals surface area contributed by atoms with Gasteiger partial charge in [-0.1, -0.05) is 38.5 Å².